The van der Waals surface area contributed by atoms with Crippen LogP contribution in [0.5, 0.6) is 0 Å². The van der Waals surface area contributed by atoms with E-state index in [1.807, 2.05) is 30.3 Å². The van der Waals surface area contributed by atoms with Crippen LogP contribution in [0.3, 0.4) is 0 Å². The number of hydrogen-bond acceptors (Lipinski definition) is 6. The second kappa shape index (κ2) is 8.23. The zero-order valence-electron chi connectivity index (χ0n) is 13.5. The third-order valence-corrected chi connectivity index (χ3v) is 5.60. The summed E-state index contributed by atoms with van der Waals surface area (Å²) in [5.41, 5.74) is 0.861. The zero-order chi connectivity index (χ0) is 19.4. The van der Waals surface area contributed by atoms with E-state index in [0.717, 1.165) is 34.7 Å². The van der Waals surface area contributed by atoms with Crippen molar-refractivity contribution in [2.24, 2.45) is 0 Å². The number of aromatic nitrogens is 1. The minimum atomic E-state index is -0.849. The van der Waals surface area contributed by atoms with E-state index in [-0.39, 0.29) is 20.7 Å². The van der Waals surface area contributed by atoms with Gasteiger partial charge in [0.15, 0.2) is 4.21 Å². The fourth-order valence-corrected chi connectivity index (χ4v) is 4.15. The molecule has 0 radical (unpaired) electrons. The molecule has 0 fully saturated rings. The first kappa shape index (κ1) is 18.9. The molecule has 1 N–H and O–H groups in total. The fourth-order valence-electron chi connectivity index (χ4n) is 2.09. The van der Waals surface area contributed by atoms with Crippen molar-refractivity contribution >= 4 is 34.8 Å². The lowest BCUT2D eigenvalue weighted by Crippen LogP contribution is -2.22. The van der Waals surface area contributed by atoms with Crippen molar-refractivity contribution in [3.63, 3.8) is 0 Å². The van der Waals surface area contributed by atoms with Gasteiger partial charge in [-0.25, -0.2) is 8.78 Å². The van der Waals surface area contributed by atoms with Crippen molar-refractivity contribution in [3.05, 3.63) is 80.9 Å². The number of hydrogen-bond donors (Lipinski definition) is 1. The maximum Gasteiger partial charge on any atom is 0.389 e. The standard InChI is InChI=1S/C17H11F2N3O3S2/c18-11-6-7-13(12(19)8-11)26-17-14(22(24)25)21-16(27-17)15(23)20-9-10-4-2-1-3-5-10/h1-8H,9H2,(H,20,23). The fraction of sp³-hybridized carbons (Fsp3) is 0.0588. The minimum Gasteiger partial charge on any atom is -0.358 e. The normalized spacial score (nSPS) is 10.6. The Morgan fingerprint density at radius 2 is 1.96 bits per heavy atom. The molecule has 0 spiro atoms. The van der Waals surface area contributed by atoms with Gasteiger partial charge in [-0.2, -0.15) is 0 Å². The van der Waals surface area contributed by atoms with Gasteiger partial charge in [0.25, 0.3) is 5.01 Å². The van der Waals surface area contributed by atoms with E-state index in [0.29, 0.717) is 6.07 Å². The Bertz CT molecular complexity index is 996. The van der Waals surface area contributed by atoms with Crippen LogP contribution in [0.25, 0.3) is 0 Å². The van der Waals surface area contributed by atoms with E-state index < -0.39 is 28.3 Å². The Hall–Kier alpha value is -2.85. The van der Waals surface area contributed by atoms with Crippen molar-refractivity contribution in [3.8, 4) is 0 Å². The van der Waals surface area contributed by atoms with E-state index in [4.69, 9.17) is 0 Å². The van der Waals surface area contributed by atoms with E-state index in [9.17, 15) is 23.7 Å². The van der Waals surface area contributed by atoms with Crippen LogP contribution in [0.1, 0.15) is 15.4 Å². The van der Waals surface area contributed by atoms with Crippen LogP contribution in [0.4, 0.5) is 14.6 Å². The number of thiazole rings is 1. The summed E-state index contributed by atoms with van der Waals surface area (Å²) in [6, 6.07) is 12.0. The molecule has 0 aliphatic heterocycles. The first-order valence-electron chi connectivity index (χ1n) is 7.54. The van der Waals surface area contributed by atoms with Gasteiger partial charge < -0.3 is 15.4 Å². The molecule has 1 aromatic heterocycles. The monoisotopic (exact) mass is 407 g/mol. The number of benzene rings is 2. The number of carbonyl (C=O) groups excluding carboxylic acids is 1. The molecule has 0 saturated carbocycles. The average Bonchev–Trinajstić information content (AvgIpc) is 3.07. The van der Waals surface area contributed by atoms with E-state index in [1.165, 1.54) is 6.07 Å². The van der Waals surface area contributed by atoms with Crippen molar-refractivity contribution in [2.75, 3.05) is 0 Å². The average molecular weight is 407 g/mol. The molecule has 6 nitrogen and oxygen atoms in total. The lowest BCUT2D eigenvalue weighted by Gasteiger charge is -2.01. The second-order valence-corrected chi connectivity index (χ2v) is 7.54. The van der Waals surface area contributed by atoms with Crippen LogP contribution >= 0.6 is 23.1 Å². The smallest absolute Gasteiger partial charge is 0.358 e. The maximum atomic E-state index is 13.8. The van der Waals surface area contributed by atoms with Gasteiger partial charge in [-0.1, -0.05) is 53.4 Å². The summed E-state index contributed by atoms with van der Waals surface area (Å²) in [6.07, 6.45) is 0. The van der Waals surface area contributed by atoms with Gasteiger partial charge in [0, 0.05) is 17.5 Å². The van der Waals surface area contributed by atoms with Gasteiger partial charge in [-0.3, -0.25) is 4.79 Å². The molecule has 0 atom stereocenters. The first-order chi connectivity index (χ1) is 12.9. The Kier molecular flexibility index (Phi) is 5.77. The van der Waals surface area contributed by atoms with Crippen molar-refractivity contribution in [1.82, 2.24) is 10.3 Å². The molecule has 1 amide bonds. The Labute approximate surface area is 160 Å². The van der Waals surface area contributed by atoms with Crippen molar-refractivity contribution in [1.29, 1.82) is 0 Å². The SMILES string of the molecule is O=C(NCc1ccccc1)c1nc([N+](=O)[O-])c(Sc2ccc(F)cc2F)s1. The lowest BCUT2D eigenvalue weighted by molar-refractivity contribution is -0.391. The predicted octanol–water partition coefficient (Wildman–Crippen LogP) is 4.41. The Morgan fingerprint density at radius 1 is 1.22 bits per heavy atom. The van der Waals surface area contributed by atoms with Crippen LogP contribution in [0, 0.1) is 21.7 Å². The first-order valence-corrected chi connectivity index (χ1v) is 9.17. The van der Waals surface area contributed by atoms with Gasteiger partial charge in [0.2, 0.25) is 0 Å². The van der Waals surface area contributed by atoms with Crippen LogP contribution < -0.4 is 5.32 Å². The van der Waals surface area contributed by atoms with E-state index in [1.54, 1.807) is 0 Å². The highest BCUT2D eigenvalue weighted by atomic mass is 32.2. The third kappa shape index (κ3) is 4.66. The van der Waals surface area contributed by atoms with Gasteiger partial charge in [0.1, 0.15) is 11.6 Å². The molecule has 138 valence electrons. The van der Waals surface area contributed by atoms with E-state index in [2.05, 4.69) is 10.3 Å². The molecule has 0 saturated heterocycles. The quantitative estimate of drug-likeness (QED) is 0.483. The molecule has 27 heavy (non-hydrogen) atoms. The molecule has 3 aromatic rings. The highest BCUT2D eigenvalue weighted by molar-refractivity contribution is 8.01. The number of carbonyl (C=O) groups is 1. The van der Waals surface area contributed by atoms with Gasteiger partial charge in [0.05, 0.1) is 0 Å². The van der Waals surface area contributed by atoms with Crippen LogP contribution in [0.2, 0.25) is 0 Å². The number of halogens is 2. The molecule has 1 heterocycles. The summed E-state index contributed by atoms with van der Waals surface area (Å²) in [6.45, 7) is 0.238. The summed E-state index contributed by atoms with van der Waals surface area (Å²) in [5.74, 6) is -2.72. The molecule has 10 heteroatoms. The molecule has 2 aromatic carbocycles. The van der Waals surface area contributed by atoms with Gasteiger partial charge >= 0.3 is 11.7 Å². The van der Waals surface area contributed by atoms with Crippen LogP contribution in [0.15, 0.2) is 57.6 Å². The summed E-state index contributed by atoms with van der Waals surface area (Å²) in [5, 5.41) is 13.7. The second-order valence-electron chi connectivity index (χ2n) is 5.23. The number of nitrogens with zero attached hydrogens (tertiary/aromatic N) is 2. The maximum absolute atomic E-state index is 13.8. The number of amides is 1. The number of rotatable bonds is 6. The summed E-state index contributed by atoms with van der Waals surface area (Å²) >= 11 is 1.50. The van der Waals surface area contributed by atoms with Gasteiger partial charge in [-0.05, 0) is 27.6 Å². The van der Waals surface area contributed by atoms with Crippen LogP contribution in [-0.2, 0) is 6.54 Å². The highest BCUT2D eigenvalue weighted by Crippen LogP contribution is 2.40. The van der Waals surface area contributed by atoms with Crippen molar-refractivity contribution < 1.29 is 18.5 Å². The minimum absolute atomic E-state index is 0.000561. The lowest BCUT2D eigenvalue weighted by atomic mass is 10.2. The molecular formula is C17H11F2N3O3S2. The zero-order valence-corrected chi connectivity index (χ0v) is 15.2. The van der Waals surface area contributed by atoms with Gasteiger partial charge in [-0.15, -0.1) is 0 Å². The summed E-state index contributed by atoms with van der Waals surface area (Å²) in [7, 11) is 0. The molecule has 0 bridgehead atoms. The highest BCUT2D eigenvalue weighted by Gasteiger charge is 2.28. The Morgan fingerprint density at radius 3 is 2.63 bits per heavy atom. The predicted molar refractivity (Wildman–Crippen MR) is 96.9 cm³/mol. The van der Waals surface area contributed by atoms with E-state index >= 15 is 0 Å². The Balaban J connectivity index is 1.80. The third-order valence-electron chi connectivity index (χ3n) is 3.34. The number of nitro groups is 1. The summed E-state index contributed by atoms with van der Waals surface area (Å²) < 4.78 is 26.9. The molecule has 0 aliphatic carbocycles. The molecular weight excluding hydrogens is 396 g/mol. The van der Waals surface area contributed by atoms with Crippen LogP contribution in [-0.4, -0.2) is 15.8 Å². The van der Waals surface area contributed by atoms with Crippen molar-refractivity contribution in [2.45, 2.75) is 15.6 Å². The molecule has 3 rings (SSSR count). The summed E-state index contributed by atoms with van der Waals surface area (Å²) in [4.78, 5) is 26.5. The molecule has 0 unspecified atom stereocenters. The largest absolute Gasteiger partial charge is 0.389 e. The molecule has 0 aliphatic rings. The topological polar surface area (TPSA) is 85.1 Å². The number of nitrogens with one attached hydrogen (secondary N) is 1.